The molecule has 6 heteroatoms. The number of hydrogen-bond donors (Lipinski definition) is 2. The predicted octanol–water partition coefficient (Wildman–Crippen LogP) is 1.19. The molecule has 1 saturated heterocycles. The van der Waals surface area contributed by atoms with E-state index in [4.69, 9.17) is 0 Å². The molecule has 100 valence electrons. The Morgan fingerprint density at radius 2 is 2.33 bits per heavy atom. The molecule has 0 bridgehead atoms. The van der Waals surface area contributed by atoms with Crippen LogP contribution in [0.1, 0.15) is 45.3 Å². The Balaban J connectivity index is 2.16. The topological polar surface area (TPSA) is 82.1 Å². The normalized spacial score (nSPS) is 23.4. The summed E-state index contributed by atoms with van der Waals surface area (Å²) in [5.41, 5.74) is -0.109. The molecular weight excluding hydrogens is 232 g/mol. The van der Waals surface area contributed by atoms with Gasteiger partial charge in [-0.05, 0) is 26.7 Å². The standard InChI is InChI=1S/C12H20N4O2/c1-4-9-13-10(15-14-9)7-16-8(11(17)18)5-6-12(16,2)3/h8H,4-7H2,1-3H3,(H,17,18)(H,13,14,15). The summed E-state index contributed by atoms with van der Waals surface area (Å²) in [6.45, 7) is 6.66. The summed E-state index contributed by atoms with van der Waals surface area (Å²) in [4.78, 5) is 17.6. The van der Waals surface area contributed by atoms with Crippen LogP contribution in [0.4, 0.5) is 0 Å². The fraction of sp³-hybridized carbons (Fsp3) is 0.750. The number of nitrogens with one attached hydrogen (secondary N) is 1. The maximum Gasteiger partial charge on any atom is 0.320 e. The highest BCUT2D eigenvalue weighted by Crippen LogP contribution is 2.34. The minimum atomic E-state index is -0.754. The van der Waals surface area contributed by atoms with Crippen LogP contribution in [0.5, 0.6) is 0 Å². The third-order valence-corrected chi connectivity index (χ3v) is 3.68. The van der Waals surface area contributed by atoms with Crippen molar-refractivity contribution in [3.8, 4) is 0 Å². The van der Waals surface area contributed by atoms with Crippen LogP contribution in [-0.2, 0) is 17.8 Å². The van der Waals surface area contributed by atoms with E-state index >= 15 is 0 Å². The Labute approximate surface area is 106 Å². The van der Waals surface area contributed by atoms with Gasteiger partial charge in [-0.2, -0.15) is 5.10 Å². The van der Waals surface area contributed by atoms with Crippen molar-refractivity contribution in [2.45, 2.75) is 58.2 Å². The quantitative estimate of drug-likeness (QED) is 0.841. The Kier molecular flexibility index (Phi) is 3.38. The molecule has 2 heterocycles. The third kappa shape index (κ3) is 2.38. The van der Waals surface area contributed by atoms with E-state index in [1.165, 1.54) is 0 Å². The monoisotopic (exact) mass is 252 g/mol. The fourth-order valence-corrected chi connectivity index (χ4v) is 2.52. The summed E-state index contributed by atoms with van der Waals surface area (Å²) in [6.07, 6.45) is 2.36. The lowest BCUT2D eigenvalue weighted by Crippen LogP contribution is -2.45. The van der Waals surface area contributed by atoms with Gasteiger partial charge in [0.1, 0.15) is 17.7 Å². The van der Waals surface area contributed by atoms with Crippen LogP contribution in [0.25, 0.3) is 0 Å². The zero-order valence-corrected chi connectivity index (χ0v) is 11.1. The van der Waals surface area contributed by atoms with Gasteiger partial charge in [0, 0.05) is 12.0 Å². The predicted molar refractivity (Wildman–Crippen MR) is 66.0 cm³/mol. The van der Waals surface area contributed by atoms with Crippen molar-refractivity contribution in [2.24, 2.45) is 0 Å². The van der Waals surface area contributed by atoms with Crippen LogP contribution in [-0.4, -0.2) is 42.7 Å². The summed E-state index contributed by atoms with van der Waals surface area (Å²) >= 11 is 0. The highest BCUT2D eigenvalue weighted by atomic mass is 16.4. The van der Waals surface area contributed by atoms with Gasteiger partial charge < -0.3 is 5.11 Å². The second-order valence-corrected chi connectivity index (χ2v) is 5.38. The average molecular weight is 252 g/mol. The molecule has 2 N–H and O–H groups in total. The molecule has 0 amide bonds. The average Bonchev–Trinajstić information content (AvgIpc) is 2.85. The van der Waals surface area contributed by atoms with Crippen molar-refractivity contribution >= 4 is 5.97 Å². The van der Waals surface area contributed by atoms with Crippen LogP contribution in [0.15, 0.2) is 0 Å². The molecule has 0 saturated carbocycles. The zero-order valence-electron chi connectivity index (χ0n) is 11.1. The molecule has 0 spiro atoms. The lowest BCUT2D eigenvalue weighted by molar-refractivity contribution is -0.143. The molecule has 1 atom stereocenters. The molecule has 0 aromatic carbocycles. The SMILES string of the molecule is CCc1n[nH]c(CN2C(C(=O)O)CCC2(C)C)n1. The van der Waals surface area contributed by atoms with Crippen molar-refractivity contribution in [2.75, 3.05) is 0 Å². The van der Waals surface area contributed by atoms with Gasteiger partial charge in [-0.15, -0.1) is 0 Å². The van der Waals surface area contributed by atoms with E-state index in [1.807, 2.05) is 11.8 Å². The number of likely N-dealkylation sites (tertiary alicyclic amines) is 1. The van der Waals surface area contributed by atoms with E-state index in [0.29, 0.717) is 13.0 Å². The number of aromatic nitrogens is 3. The molecule has 2 rings (SSSR count). The molecule has 6 nitrogen and oxygen atoms in total. The van der Waals surface area contributed by atoms with Gasteiger partial charge in [0.05, 0.1) is 6.54 Å². The number of hydrogen-bond acceptors (Lipinski definition) is 4. The van der Waals surface area contributed by atoms with Crippen molar-refractivity contribution in [3.05, 3.63) is 11.6 Å². The zero-order chi connectivity index (χ0) is 13.3. The Morgan fingerprint density at radius 1 is 1.61 bits per heavy atom. The number of carboxylic acid groups (broad SMARTS) is 1. The summed E-state index contributed by atoms with van der Waals surface area (Å²) in [7, 11) is 0. The first-order valence-corrected chi connectivity index (χ1v) is 6.33. The lowest BCUT2D eigenvalue weighted by atomic mass is 10.0. The van der Waals surface area contributed by atoms with Crippen molar-refractivity contribution < 1.29 is 9.90 Å². The van der Waals surface area contributed by atoms with E-state index in [-0.39, 0.29) is 5.54 Å². The third-order valence-electron chi connectivity index (χ3n) is 3.68. The van der Waals surface area contributed by atoms with Gasteiger partial charge in [0.15, 0.2) is 0 Å². The Bertz CT molecular complexity index is 441. The van der Waals surface area contributed by atoms with Crippen molar-refractivity contribution in [1.29, 1.82) is 0 Å². The van der Waals surface area contributed by atoms with Gasteiger partial charge in [0.2, 0.25) is 0 Å². The van der Waals surface area contributed by atoms with Crippen LogP contribution in [0.3, 0.4) is 0 Å². The summed E-state index contributed by atoms with van der Waals surface area (Å²) in [6, 6.07) is -0.421. The number of nitrogens with zero attached hydrogens (tertiary/aromatic N) is 3. The van der Waals surface area contributed by atoms with Gasteiger partial charge in [0.25, 0.3) is 0 Å². The van der Waals surface area contributed by atoms with Gasteiger partial charge in [-0.25, -0.2) is 4.98 Å². The number of H-pyrrole nitrogens is 1. The van der Waals surface area contributed by atoms with Gasteiger partial charge in [-0.3, -0.25) is 14.8 Å². The first-order valence-electron chi connectivity index (χ1n) is 6.33. The van der Waals surface area contributed by atoms with Gasteiger partial charge >= 0.3 is 5.97 Å². The number of aliphatic carboxylic acids is 1. The summed E-state index contributed by atoms with van der Waals surface area (Å²) in [5.74, 6) is 0.762. The number of rotatable bonds is 4. The molecule has 0 aliphatic carbocycles. The maximum absolute atomic E-state index is 11.3. The Hall–Kier alpha value is -1.43. The highest BCUT2D eigenvalue weighted by molar-refractivity contribution is 5.74. The first kappa shape index (κ1) is 13.0. The molecule has 1 aliphatic rings. The van der Waals surface area contributed by atoms with Crippen LogP contribution in [0.2, 0.25) is 0 Å². The second-order valence-electron chi connectivity index (χ2n) is 5.38. The van der Waals surface area contributed by atoms with Crippen molar-refractivity contribution in [3.63, 3.8) is 0 Å². The highest BCUT2D eigenvalue weighted by Gasteiger charge is 2.43. The number of aryl methyl sites for hydroxylation is 1. The first-order chi connectivity index (χ1) is 8.44. The largest absolute Gasteiger partial charge is 0.480 e. The molecule has 1 fully saturated rings. The number of carboxylic acids is 1. The van der Waals surface area contributed by atoms with E-state index in [0.717, 1.165) is 24.5 Å². The Morgan fingerprint density at radius 3 is 2.89 bits per heavy atom. The van der Waals surface area contributed by atoms with Crippen molar-refractivity contribution in [1.82, 2.24) is 20.1 Å². The smallest absolute Gasteiger partial charge is 0.320 e. The molecule has 1 aromatic rings. The molecule has 1 aromatic heterocycles. The van der Waals surface area contributed by atoms with E-state index in [2.05, 4.69) is 29.0 Å². The second kappa shape index (κ2) is 4.68. The molecule has 18 heavy (non-hydrogen) atoms. The van der Waals surface area contributed by atoms with Gasteiger partial charge in [-0.1, -0.05) is 6.92 Å². The van der Waals surface area contributed by atoms with E-state index in [1.54, 1.807) is 0 Å². The fourth-order valence-electron chi connectivity index (χ4n) is 2.52. The number of carbonyl (C=O) groups is 1. The van der Waals surface area contributed by atoms with E-state index in [9.17, 15) is 9.90 Å². The minimum absolute atomic E-state index is 0.109. The summed E-state index contributed by atoms with van der Waals surface area (Å²) < 4.78 is 0. The molecular formula is C12H20N4O2. The number of aromatic amines is 1. The summed E-state index contributed by atoms with van der Waals surface area (Å²) in [5, 5.41) is 16.2. The van der Waals surface area contributed by atoms with Crippen LogP contribution in [0, 0.1) is 0 Å². The maximum atomic E-state index is 11.3. The van der Waals surface area contributed by atoms with E-state index < -0.39 is 12.0 Å². The molecule has 1 unspecified atom stereocenters. The van der Waals surface area contributed by atoms with Crippen LogP contribution < -0.4 is 0 Å². The molecule has 0 radical (unpaired) electrons. The van der Waals surface area contributed by atoms with Crippen LogP contribution >= 0.6 is 0 Å². The lowest BCUT2D eigenvalue weighted by Gasteiger charge is -2.33. The minimum Gasteiger partial charge on any atom is -0.480 e. The molecule has 1 aliphatic heterocycles.